The molecule has 2 fully saturated rings. The fourth-order valence-electron chi connectivity index (χ4n) is 10.6. The number of ether oxygens (including phenoxy) is 1. The van der Waals surface area contributed by atoms with E-state index in [2.05, 4.69) is 53.2 Å². The summed E-state index contributed by atoms with van der Waals surface area (Å²) >= 11 is 0. The van der Waals surface area contributed by atoms with Gasteiger partial charge in [-0.3, -0.25) is 58.1 Å². The molecule has 1 saturated heterocycles. The van der Waals surface area contributed by atoms with E-state index in [4.69, 9.17) is 27.3 Å². The quantitative estimate of drug-likeness (QED) is 0.0213. The minimum Gasteiger partial charge on any atom is -0.453 e. The first-order chi connectivity index (χ1) is 43.7. The summed E-state index contributed by atoms with van der Waals surface area (Å²) in [5, 5.41) is 78.8. The van der Waals surface area contributed by atoms with Crippen LogP contribution in [0.15, 0.2) is 30.3 Å². The van der Waals surface area contributed by atoms with Gasteiger partial charge in [0.1, 0.15) is 48.3 Å². The Morgan fingerprint density at radius 3 is 1.80 bits per heavy atom. The molecule has 1 aromatic rings. The van der Waals surface area contributed by atoms with E-state index in [9.17, 15) is 68.4 Å². The molecule has 1 aliphatic heterocycles. The van der Waals surface area contributed by atoms with Gasteiger partial charge in [-0.15, -0.1) is 0 Å². The fraction of sp³-hybridized carbons (Fsp3) is 0.689. The molecule has 1 aliphatic carbocycles. The van der Waals surface area contributed by atoms with Gasteiger partial charge < -0.3 is 101 Å². The van der Waals surface area contributed by atoms with Crippen LogP contribution in [0.2, 0.25) is 0 Å². The van der Waals surface area contributed by atoms with Crippen molar-refractivity contribution in [3.05, 3.63) is 35.9 Å². The normalized spacial score (nSPS) is 25.4. The zero-order chi connectivity index (χ0) is 70.0. The Hall–Kier alpha value is -8.07. The largest absolute Gasteiger partial charge is 0.453 e. The molecular weight excluding hydrogens is 1210 g/mol. The molecule has 522 valence electrons. The maximum Gasteiger partial charge on any atom is 0.331 e. The lowest BCUT2D eigenvalue weighted by atomic mass is 9.84. The van der Waals surface area contributed by atoms with Gasteiger partial charge in [0, 0.05) is 6.54 Å². The van der Waals surface area contributed by atoms with Crippen LogP contribution in [0.1, 0.15) is 145 Å². The lowest BCUT2D eigenvalue weighted by Gasteiger charge is -2.34. The third-order valence-corrected chi connectivity index (χ3v) is 16.1. The second-order valence-corrected chi connectivity index (χ2v) is 25.2. The van der Waals surface area contributed by atoms with Crippen LogP contribution < -0.4 is 75.7 Å². The highest BCUT2D eigenvalue weighted by molar-refractivity contribution is 6.00. The maximum absolute atomic E-state index is 15.5. The molecule has 11 amide bonds. The molecule has 15 atom stereocenters. The van der Waals surface area contributed by atoms with Crippen molar-refractivity contribution in [1.82, 2.24) is 58.5 Å². The van der Waals surface area contributed by atoms with E-state index in [1.54, 1.807) is 33.8 Å². The molecule has 1 aromatic carbocycles. The van der Waals surface area contributed by atoms with E-state index in [1.165, 1.54) is 38.1 Å². The number of carbonyl (C=O) groups is 12. The van der Waals surface area contributed by atoms with Gasteiger partial charge in [-0.05, 0) is 74.2 Å². The number of aliphatic hydroxyl groups excluding tert-OH is 4. The molecule has 0 bridgehead atoms. The summed E-state index contributed by atoms with van der Waals surface area (Å²) in [4.78, 5) is 171. The monoisotopic (exact) mass is 1320 g/mol. The van der Waals surface area contributed by atoms with Crippen LogP contribution in [0, 0.1) is 35.0 Å². The summed E-state index contributed by atoms with van der Waals surface area (Å²) < 4.78 is 5.99. The van der Waals surface area contributed by atoms with Gasteiger partial charge in [0.05, 0.1) is 31.4 Å². The summed E-state index contributed by atoms with van der Waals surface area (Å²) in [5.74, 6) is -16.9. The van der Waals surface area contributed by atoms with Crippen molar-refractivity contribution < 1.29 is 82.7 Å². The molecule has 3 rings (SSSR count). The van der Waals surface area contributed by atoms with E-state index >= 15 is 9.59 Å². The zero-order valence-electron chi connectivity index (χ0n) is 54.6. The standard InChI is InChI=1S/C61H101N15O17/c1-10-32(8)42-56(88)74-43(33(9)78)55(87)67-27-41(79)72-45(48(81)50(63)82)58(90)71-40(28-77)60(92)93-49(35-20-15-12-16-21-35)46(76-54(86)39(26-34-18-13-11-14-19-34)69-51(83)36(62)24-29(2)3)59(91)75-44(47(80)31(6)7)57(89)70-38(25-30(4)5)53(85)68-37(52(84)73-42)22-17-23-66-61(64)65/h12,15-16,20-21,29-34,36-40,42-49,77-78,80-81H,10-11,13-14,17-19,22-28,62H2,1-9H3,(H2,63,82)(H,67,87)(H,68,85)(H,69,83)(H,70,89)(H,71,90)(H,72,79)(H,73,84)(H,74,88)(H,75,91)(H,76,86)(H4,64,65,66)/t32-,33-,36+,37+,38-,39-,40-,42-,43-,44-,45-,46-,47+,48-,49+/m0/s1. The molecule has 0 radical (unpaired) electrons. The molecule has 0 spiro atoms. The van der Waals surface area contributed by atoms with Crippen LogP contribution in [-0.4, -0.2) is 196 Å². The van der Waals surface area contributed by atoms with E-state index in [0.717, 1.165) is 26.2 Å². The van der Waals surface area contributed by atoms with Crippen molar-refractivity contribution in [3.63, 3.8) is 0 Å². The van der Waals surface area contributed by atoms with Crippen molar-refractivity contribution in [2.45, 2.75) is 218 Å². The number of esters is 1. The van der Waals surface area contributed by atoms with Crippen LogP contribution in [0.3, 0.4) is 0 Å². The first-order valence-electron chi connectivity index (χ1n) is 31.7. The first-order valence-corrected chi connectivity index (χ1v) is 31.7. The third kappa shape index (κ3) is 25.7. The third-order valence-electron chi connectivity index (χ3n) is 16.1. The van der Waals surface area contributed by atoms with Gasteiger partial charge in [-0.1, -0.05) is 124 Å². The van der Waals surface area contributed by atoms with Crippen molar-refractivity contribution in [1.29, 1.82) is 5.41 Å². The summed E-state index contributed by atoms with van der Waals surface area (Å²) in [5.41, 5.74) is 17.1. The molecular formula is C61H101N15O17. The lowest BCUT2D eigenvalue weighted by Crippen LogP contribution is -2.64. The minimum atomic E-state index is -2.57. The van der Waals surface area contributed by atoms with Crippen molar-refractivity contribution in [2.75, 3.05) is 19.7 Å². The summed E-state index contributed by atoms with van der Waals surface area (Å²) in [6.07, 6.45) is -3.98. The second kappa shape index (κ2) is 38.8. The highest BCUT2D eigenvalue weighted by Gasteiger charge is 2.44. The Morgan fingerprint density at radius 2 is 1.24 bits per heavy atom. The molecule has 2 aliphatic rings. The first kappa shape index (κ1) is 79.2. The highest BCUT2D eigenvalue weighted by Crippen LogP contribution is 2.29. The molecule has 1 heterocycles. The van der Waals surface area contributed by atoms with Gasteiger partial charge in [0.15, 0.2) is 24.2 Å². The predicted molar refractivity (Wildman–Crippen MR) is 337 cm³/mol. The van der Waals surface area contributed by atoms with E-state index < -0.39 is 187 Å². The average molecular weight is 1320 g/mol. The number of hydrogen-bond acceptors (Lipinski definition) is 19. The highest BCUT2D eigenvalue weighted by atomic mass is 16.5. The average Bonchev–Trinajstić information content (AvgIpc) is 0.841. The van der Waals surface area contributed by atoms with Crippen LogP contribution in [0.4, 0.5) is 0 Å². The summed E-state index contributed by atoms with van der Waals surface area (Å²) in [6, 6.07) is -10.6. The molecule has 0 unspecified atom stereocenters. The number of guanidine groups is 1. The predicted octanol–water partition coefficient (Wildman–Crippen LogP) is -4.30. The number of amides is 11. The van der Waals surface area contributed by atoms with Crippen LogP contribution in [0.25, 0.3) is 0 Å². The Kier molecular flexibility index (Phi) is 33.1. The lowest BCUT2D eigenvalue weighted by molar-refractivity contribution is -0.159. The fourth-order valence-corrected chi connectivity index (χ4v) is 10.6. The molecule has 32 nitrogen and oxygen atoms in total. The zero-order valence-corrected chi connectivity index (χ0v) is 54.6. The smallest absolute Gasteiger partial charge is 0.331 e. The Balaban J connectivity index is 2.42. The number of nitrogens with two attached hydrogens (primary N) is 3. The minimum absolute atomic E-state index is 0.0176. The number of hydrogen-bond donors (Lipinski definition) is 19. The van der Waals surface area contributed by atoms with Crippen LogP contribution in [-0.2, 0) is 62.3 Å². The van der Waals surface area contributed by atoms with Gasteiger partial charge in [0.25, 0.3) is 0 Å². The number of rotatable bonds is 23. The van der Waals surface area contributed by atoms with Gasteiger partial charge in [-0.25, -0.2) is 4.79 Å². The van der Waals surface area contributed by atoms with Crippen molar-refractivity contribution in [3.8, 4) is 0 Å². The Labute approximate surface area is 541 Å². The Bertz CT molecular complexity index is 2720. The van der Waals surface area contributed by atoms with Gasteiger partial charge in [-0.2, -0.15) is 0 Å². The summed E-state index contributed by atoms with van der Waals surface area (Å²) in [7, 11) is 0. The second-order valence-electron chi connectivity index (χ2n) is 25.2. The maximum atomic E-state index is 15.5. The van der Waals surface area contributed by atoms with Crippen molar-refractivity contribution >= 4 is 76.9 Å². The van der Waals surface area contributed by atoms with E-state index in [0.29, 0.717) is 12.8 Å². The Morgan fingerprint density at radius 1 is 0.667 bits per heavy atom. The van der Waals surface area contributed by atoms with Crippen LogP contribution in [0.5, 0.6) is 0 Å². The number of aliphatic hydroxyl groups is 4. The van der Waals surface area contributed by atoms with Crippen LogP contribution >= 0.6 is 0 Å². The molecule has 22 N–H and O–H groups in total. The van der Waals surface area contributed by atoms with E-state index in [1.807, 2.05) is 19.2 Å². The number of benzene rings is 1. The van der Waals surface area contributed by atoms with Gasteiger partial charge >= 0.3 is 5.97 Å². The number of primary amides is 1. The SMILES string of the molecule is CC[C@H](C)[C@@H]1NC(=O)[C@@H](CCCNC(=N)N)NC(=O)[C@H](CC(C)C)NC(=O)[C@H]([C@H](O)C(C)C)NC(=O)[C@@H](NC(=O)[C@H](CC2CCCCC2)NC(=O)[C@H](N)CC(C)C)[C@@H](c2ccccc2)OC(=O)[C@H](CO)NC(=O)[C@H]([C@H](O)C(N)=O)NC(=O)CNC(=O)[C@H]([C@H](C)O)NC1=O. The molecule has 32 heteroatoms. The molecule has 1 saturated carbocycles. The van der Waals surface area contributed by atoms with E-state index in [-0.39, 0.29) is 68.4 Å². The summed E-state index contributed by atoms with van der Waals surface area (Å²) in [6.45, 7) is 12.1. The number of carbonyl (C=O) groups excluding carboxylic acids is 12. The molecule has 0 aromatic heterocycles. The van der Waals surface area contributed by atoms with Crippen molar-refractivity contribution in [2.24, 2.45) is 46.8 Å². The van der Waals surface area contributed by atoms with Gasteiger partial charge in [0.2, 0.25) is 65.0 Å². The molecule has 93 heavy (non-hydrogen) atoms. The number of nitrogens with one attached hydrogen (secondary N) is 12. The topological polar surface area (TPSA) is 529 Å². The number of cyclic esters (lactones) is 1.